The molecule has 5 rings (SSSR count). The van der Waals surface area contributed by atoms with E-state index in [0.29, 0.717) is 21.6 Å². The Bertz CT molecular complexity index is 1460. The third-order valence-corrected chi connectivity index (χ3v) is 12.1. The van der Waals surface area contributed by atoms with E-state index in [2.05, 4.69) is 11.0 Å². The molecule has 1 amide bonds. The van der Waals surface area contributed by atoms with Gasteiger partial charge in [0, 0.05) is 34.8 Å². The summed E-state index contributed by atoms with van der Waals surface area (Å²) in [5.41, 5.74) is 1.34. The molecule has 3 aromatic rings. The molecule has 2 fully saturated rings. The van der Waals surface area contributed by atoms with Crippen molar-refractivity contribution < 1.29 is 13.2 Å². The number of rotatable bonds is 7. The number of amides is 1. The van der Waals surface area contributed by atoms with Gasteiger partial charge in [-0.2, -0.15) is 11.8 Å². The van der Waals surface area contributed by atoms with Crippen LogP contribution in [0.4, 0.5) is 0 Å². The molecule has 0 radical (unpaired) electrons. The van der Waals surface area contributed by atoms with Crippen molar-refractivity contribution in [2.24, 2.45) is 5.92 Å². The largest absolute Gasteiger partial charge is 0.337 e. The van der Waals surface area contributed by atoms with Crippen LogP contribution in [0.25, 0.3) is 21.2 Å². The summed E-state index contributed by atoms with van der Waals surface area (Å²) in [6, 6.07) is 11.3. The maximum atomic E-state index is 13.6. The number of benzene rings is 2. The molecule has 2 aliphatic rings. The zero-order valence-corrected chi connectivity index (χ0v) is 26.5. The van der Waals surface area contributed by atoms with Gasteiger partial charge >= 0.3 is 0 Å². The summed E-state index contributed by atoms with van der Waals surface area (Å²) in [5.74, 6) is 0.593. The van der Waals surface area contributed by atoms with Gasteiger partial charge in [0.2, 0.25) is 10.0 Å². The minimum Gasteiger partial charge on any atom is -0.337 e. The van der Waals surface area contributed by atoms with E-state index in [4.69, 9.17) is 4.98 Å². The molecule has 0 unspecified atom stereocenters. The number of piperidine rings is 1. The Labute approximate surface area is 247 Å². The average Bonchev–Trinajstić information content (AvgIpc) is 3.34. The Balaban J connectivity index is 1.57. The number of fused-ring (bicyclic) bond motifs is 1. The Morgan fingerprint density at radius 2 is 1.70 bits per heavy atom. The van der Waals surface area contributed by atoms with Crippen LogP contribution in [0.1, 0.15) is 81.2 Å². The SMILES string of the molecule is CSC1CCN(C(=O)c2nc(CC3CCCCC3)c(-c3ccc(S(=O)(=O)NC(C)(C)C)c4ccccc34)s2)CC1. The van der Waals surface area contributed by atoms with E-state index in [9.17, 15) is 13.2 Å². The summed E-state index contributed by atoms with van der Waals surface area (Å²) >= 11 is 3.36. The zero-order chi connectivity index (χ0) is 28.5. The van der Waals surface area contributed by atoms with Crippen molar-refractivity contribution >= 4 is 49.8 Å². The van der Waals surface area contributed by atoms with Crippen molar-refractivity contribution in [1.82, 2.24) is 14.6 Å². The highest BCUT2D eigenvalue weighted by atomic mass is 32.2. The molecule has 2 aromatic carbocycles. The number of carbonyl (C=O) groups excluding carboxylic acids is 1. The van der Waals surface area contributed by atoms with E-state index in [-0.39, 0.29) is 10.8 Å². The molecule has 9 heteroatoms. The van der Waals surface area contributed by atoms with Crippen molar-refractivity contribution in [3.8, 4) is 10.4 Å². The first kappa shape index (κ1) is 29.5. The van der Waals surface area contributed by atoms with E-state index in [1.165, 1.54) is 43.4 Å². The predicted octanol–water partition coefficient (Wildman–Crippen LogP) is 7.13. The van der Waals surface area contributed by atoms with Crippen LogP contribution < -0.4 is 4.72 Å². The molecule has 0 atom stereocenters. The number of thioether (sulfide) groups is 1. The lowest BCUT2D eigenvalue weighted by Crippen LogP contribution is -2.40. The predicted molar refractivity (Wildman–Crippen MR) is 168 cm³/mol. The zero-order valence-electron chi connectivity index (χ0n) is 24.0. The quantitative estimate of drug-likeness (QED) is 0.313. The van der Waals surface area contributed by atoms with Crippen LogP contribution in [0.5, 0.6) is 0 Å². The normalized spacial score (nSPS) is 17.9. The number of hydrogen-bond donors (Lipinski definition) is 1. The summed E-state index contributed by atoms with van der Waals surface area (Å²) in [6.07, 6.45) is 11.2. The van der Waals surface area contributed by atoms with Gasteiger partial charge in [-0.1, -0.05) is 62.4 Å². The maximum absolute atomic E-state index is 13.6. The number of thiazole rings is 1. The molecular weight excluding hydrogens is 559 g/mol. The number of hydrogen-bond acceptors (Lipinski definition) is 6. The molecule has 216 valence electrons. The van der Waals surface area contributed by atoms with Gasteiger partial charge in [0.1, 0.15) is 0 Å². The Kier molecular flexibility index (Phi) is 8.95. The standard InChI is InChI=1S/C31H41N3O3S3/c1-31(2,3)33-40(36,37)27-15-14-25(23-12-8-9-13-24(23)27)28-26(20-21-10-6-5-7-11-21)32-29(39-28)30(35)34-18-16-22(38-4)17-19-34/h8-9,12-15,21-22,33H,5-7,10-11,16-20H2,1-4H3. The first-order valence-corrected chi connectivity index (χ1v) is 18.0. The molecule has 2 heterocycles. The molecule has 0 spiro atoms. The van der Waals surface area contributed by atoms with Gasteiger partial charge in [-0.15, -0.1) is 11.3 Å². The van der Waals surface area contributed by atoms with Crippen molar-refractivity contribution in [3.05, 3.63) is 47.1 Å². The first-order valence-electron chi connectivity index (χ1n) is 14.4. The lowest BCUT2D eigenvalue weighted by atomic mass is 9.85. The molecule has 1 aliphatic heterocycles. The highest BCUT2D eigenvalue weighted by molar-refractivity contribution is 7.99. The number of aromatic nitrogens is 1. The topological polar surface area (TPSA) is 79.4 Å². The fraction of sp³-hybridized carbons (Fsp3) is 0.548. The smallest absolute Gasteiger partial charge is 0.282 e. The fourth-order valence-electron chi connectivity index (χ4n) is 6.05. The van der Waals surface area contributed by atoms with Gasteiger partial charge in [0.05, 0.1) is 15.5 Å². The summed E-state index contributed by atoms with van der Waals surface area (Å²) in [7, 11) is -3.73. The van der Waals surface area contributed by atoms with E-state index >= 15 is 0 Å². The number of sulfonamides is 1. The molecule has 40 heavy (non-hydrogen) atoms. The number of likely N-dealkylation sites (tertiary alicyclic amines) is 1. The van der Waals surface area contributed by atoms with Crippen LogP contribution in [0.3, 0.4) is 0 Å². The van der Waals surface area contributed by atoms with Gasteiger partial charge < -0.3 is 4.90 Å². The number of nitrogens with one attached hydrogen (secondary N) is 1. The maximum Gasteiger partial charge on any atom is 0.282 e. The minimum atomic E-state index is -3.73. The van der Waals surface area contributed by atoms with Crippen LogP contribution in [-0.4, -0.2) is 54.3 Å². The van der Waals surface area contributed by atoms with Crippen molar-refractivity contribution in [2.45, 2.75) is 87.8 Å². The van der Waals surface area contributed by atoms with Crippen molar-refractivity contribution in [2.75, 3.05) is 19.3 Å². The van der Waals surface area contributed by atoms with Crippen molar-refractivity contribution in [1.29, 1.82) is 0 Å². The molecule has 1 saturated carbocycles. The van der Waals surface area contributed by atoms with Gasteiger partial charge in [-0.3, -0.25) is 4.79 Å². The van der Waals surface area contributed by atoms with E-state index in [0.717, 1.165) is 53.9 Å². The summed E-state index contributed by atoms with van der Waals surface area (Å²) in [4.78, 5) is 21.9. The van der Waals surface area contributed by atoms with Crippen LogP contribution in [0.2, 0.25) is 0 Å². The summed E-state index contributed by atoms with van der Waals surface area (Å²) in [5, 5.41) is 2.72. The number of nitrogens with zero attached hydrogens (tertiary/aromatic N) is 2. The molecule has 1 aliphatic carbocycles. The molecule has 1 aromatic heterocycles. The number of carbonyl (C=O) groups is 1. The lowest BCUT2D eigenvalue weighted by Gasteiger charge is -2.30. The molecular formula is C31H41N3O3S3. The third kappa shape index (κ3) is 6.58. The Hall–Kier alpha value is -1.94. The second-order valence-corrected chi connectivity index (χ2v) is 16.0. The Morgan fingerprint density at radius 1 is 1.02 bits per heavy atom. The summed E-state index contributed by atoms with van der Waals surface area (Å²) in [6.45, 7) is 7.08. The molecule has 1 N–H and O–H groups in total. The van der Waals surface area contributed by atoms with Gasteiger partial charge in [0.25, 0.3) is 5.91 Å². The molecule has 1 saturated heterocycles. The van der Waals surface area contributed by atoms with Gasteiger partial charge in [0.15, 0.2) is 5.01 Å². The molecule has 0 bridgehead atoms. The third-order valence-electron chi connectivity index (χ3n) is 8.01. The van der Waals surface area contributed by atoms with Crippen LogP contribution in [-0.2, 0) is 16.4 Å². The lowest BCUT2D eigenvalue weighted by molar-refractivity contribution is 0.0726. The van der Waals surface area contributed by atoms with E-state index < -0.39 is 15.6 Å². The summed E-state index contributed by atoms with van der Waals surface area (Å²) < 4.78 is 29.6. The van der Waals surface area contributed by atoms with E-state index in [1.807, 2.05) is 67.8 Å². The average molecular weight is 600 g/mol. The second kappa shape index (κ2) is 12.1. The van der Waals surface area contributed by atoms with Crippen LogP contribution >= 0.6 is 23.1 Å². The highest BCUT2D eigenvalue weighted by Gasteiger charge is 2.29. The Morgan fingerprint density at radius 3 is 2.35 bits per heavy atom. The fourth-order valence-corrected chi connectivity index (χ4v) is 9.46. The van der Waals surface area contributed by atoms with Crippen molar-refractivity contribution in [3.63, 3.8) is 0 Å². The van der Waals surface area contributed by atoms with Gasteiger partial charge in [-0.05, 0) is 63.7 Å². The second-order valence-electron chi connectivity index (χ2n) is 12.2. The monoisotopic (exact) mass is 599 g/mol. The van der Waals surface area contributed by atoms with Gasteiger partial charge in [-0.25, -0.2) is 18.1 Å². The molecule has 6 nitrogen and oxygen atoms in total. The van der Waals surface area contributed by atoms with Crippen LogP contribution in [0.15, 0.2) is 41.3 Å². The first-order chi connectivity index (χ1) is 19.1. The van der Waals surface area contributed by atoms with E-state index in [1.54, 1.807) is 6.07 Å². The van der Waals surface area contributed by atoms with Crippen LogP contribution in [0, 0.1) is 5.92 Å². The minimum absolute atomic E-state index is 0.0265. The highest BCUT2D eigenvalue weighted by Crippen LogP contribution is 2.40.